The molecule has 0 aliphatic carbocycles. The number of fused-ring (bicyclic) bond motifs is 4. The zero-order valence-corrected chi connectivity index (χ0v) is 35.2. The molecule has 6 heterocycles. The molecule has 1 saturated heterocycles. The smallest absolute Gasteiger partial charge is 0.254 e. The van der Waals surface area contributed by atoms with Gasteiger partial charge in [0.2, 0.25) is 12.3 Å². The van der Waals surface area contributed by atoms with Gasteiger partial charge in [-0.1, -0.05) is 41.6 Å². The number of hydrogen-bond donors (Lipinski definition) is 2. The number of amides is 3. The number of nitrogens with zero attached hydrogens (tertiary/aromatic N) is 8. The van der Waals surface area contributed by atoms with Crippen molar-refractivity contribution in [3.8, 4) is 16.8 Å². The minimum absolute atomic E-state index is 0.0128. The van der Waals surface area contributed by atoms with E-state index in [4.69, 9.17) is 16.6 Å². The average Bonchev–Trinajstić information content (AvgIpc) is 4.00. The van der Waals surface area contributed by atoms with Crippen molar-refractivity contribution < 1.29 is 14.4 Å². The van der Waals surface area contributed by atoms with E-state index in [0.717, 1.165) is 112 Å². The lowest BCUT2D eigenvalue weighted by Gasteiger charge is -2.33. The fourth-order valence-corrected chi connectivity index (χ4v) is 9.58. The summed E-state index contributed by atoms with van der Waals surface area (Å²) in [6.07, 6.45) is 7.95. The first-order chi connectivity index (χ1) is 28.6. The molecule has 15 heteroatoms. The second-order valence-electron chi connectivity index (χ2n) is 15.5. The minimum Gasteiger partial charge on any atom is -0.382 e. The van der Waals surface area contributed by atoms with E-state index in [2.05, 4.69) is 60.2 Å². The third-order valence-corrected chi connectivity index (χ3v) is 13.0. The summed E-state index contributed by atoms with van der Waals surface area (Å²) < 4.78 is 4.10. The van der Waals surface area contributed by atoms with Gasteiger partial charge in [0.25, 0.3) is 5.91 Å². The summed E-state index contributed by atoms with van der Waals surface area (Å²) in [5, 5.41) is 21.1. The molecular formula is C44H47ClN10O3S. The minimum atomic E-state index is -0.333. The van der Waals surface area contributed by atoms with E-state index < -0.39 is 0 Å². The molecule has 3 amide bonds. The van der Waals surface area contributed by atoms with Gasteiger partial charge < -0.3 is 15.1 Å². The second kappa shape index (κ2) is 17.3. The molecular weight excluding hydrogens is 784 g/mol. The molecule has 1 fully saturated rings. The van der Waals surface area contributed by atoms with Crippen LogP contribution >= 0.6 is 22.9 Å². The largest absolute Gasteiger partial charge is 0.382 e. The Morgan fingerprint density at radius 1 is 1.08 bits per heavy atom. The Labute approximate surface area is 352 Å². The van der Waals surface area contributed by atoms with Crippen LogP contribution in [-0.4, -0.2) is 90.0 Å². The van der Waals surface area contributed by atoms with E-state index in [1.54, 1.807) is 11.3 Å². The van der Waals surface area contributed by atoms with E-state index in [1.165, 1.54) is 0 Å². The van der Waals surface area contributed by atoms with Crippen molar-refractivity contribution in [3.63, 3.8) is 0 Å². The van der Waals surface area contributed by atoms with Crippen LogP contribution in [0.4, 0.5) is 5.69 Å². The van der Waals surface area contributed by atoms with Gasteiger partial charge in [0, 0.05) is 83.8 Å². The predicted octanol–water partition coefficient (Wildman–Crippen LogP) is 6.47. The predicted molar refractivity (Wildman–Crippen MR) is 229 cm³/mol. The molecule has 0 bridgehead atoms. The number of imide groups is 1. The molecule has 13 nitrogen and oxygen atoms in total. The summed E-state index contributed by atoms with van der Waals surface area (Å²) in [4.78, 5) is 46.1. The lowest BCUT2D eigenvalue weighted by atomic mass is 9.99. The first kappa shape index (κ1) is 40.2. The molecule has 8 rings (SSSR count). The molecule has 2 aromatic carbocycles. The Morgan fingerprint density at radius 3 is 2.66 bits per heavy atom. The molecule has 3 aromatic heterocycles. The van der Waals surface area contributed by atoms with Crippen molar-refractivity contribution in [1.29, 1.82) is 0 Å². The first-order valence-corrected chi connectivity index (χ1v) is 21.4. The van der Waals surface area contributed by atoms with Gasteiger partial charge in [-0.3, -0.25) is 33.9 Å². The average molecular weight is 831 g/mol. The van der Waals surface area contributed by atoms with Crippen LogP contribution in [0.3, 0.4) is 0 Å². The number of aromatic nitrogens is 5. The van der Waals surface area contributed by atoms with Gasteiger partial charge in [0.1, 0.15) is 16.9 Å². The second-order valence-corrected chi connectivity index (χ2v) is 17.0. The molecule has 0 saturated carbocycles. The van der Waals surface area contributed by atoms with Crippen LogP contribution in [0.25, 0.3) is 5.00 Å². The molecule has 5 aromatic rings. The van der Waals surface area contributed by atoms with Crippen LogP contribution in [0.1, 0.15) is 107 Å². The number of nitrogens with one attached hydrogen (secondary N) is 2. The van der Waals surface area contributed by atoms with Crippen LogP contribution < -0.4 is 10.6 Å². The maximum absolute atomic E-state index is 13.3. The van der Waals surface area contributed by atoms with Gasteiger partial charge in [0.05, 0.1) is 22.3 Å². The lowest BCUT2D eigenvalue weighted by Crippen LogP contribution is -2.39. The van der Waals surface area contributed by atoms with E-state index in [9.17, 15) is 14.4 Å². The van der Waals surface area contributed by atoms with Gasteiger partial charge >= 0.3 is 0 Å². The maximum atomic E-state index is 13.3. The van der Waals surface area contributed by atoms with Gasteiger partial charge in [-0.25, -0.2) is 0 Å². The number of thiophene rings is 1. The Balaban J connectivity index is 0.850. The number of hydrogen-bond acceptors (Lipinski definition) is 10. The Morgan fingerprint density at radius 2 is 1.88 bits per heavy atom. The van der Waals surface area contributed by atoms with E-state index in [0.29, 0.717) is 30.4 Å². The summed E-state index contributed by atoms with van der Waals surface area (Å²) in [7, 11) is 0. The number of likely N-dealkylation sites (tertiary alicyclic amines) is 1. The van der Waals surface area contributed by atoms with Crippen molar-refractivity contribution in [2.75, 3.05) is 25.0 Å². The van der Waals surface area contributed by atoms with E-state index in [1.807, 2.05) is 79.1 Å². The van der Waals surface area contributed by atoms with Crippen LogP contribution in [0.15, 0.2) is 59.9 Å². The van der Waals surface area contributed by atoms with Gasteiger partial charge in [-0.15, -0.1) is 21.5 Å². The molecule has 59 heavy (non-hydrogen) atoms. The van der Waals surface area contributed by atoms with Crippen LogP contribution in [-0.2, 0) is 22.7 Å². The Kier molecular flexibility index (Phi) is 11.8. The normalized spacial score (nSPS) is 17.0. The SMILES string of the molecule is Cc1c(C#Cc2cnn(CCCN3CCC(Nc4cccc5c4CN(C(C)CCC(=O)NC=O)C5=O)CC3)c2)sc2c1C(c1ccc(Cl)cc1)=N[C@@H](C)c1nnc(C)n1-2. The standard InChI is InChI=1S/C44H47ClN10O3S/c1-27(9-16-39(57)46-26-56)54-25-36-35(43(54)58)7-5-8-37(36)49-34-17-21-52(22-18-34)19-6-20-53-24-31(23-47-53)10-15-38-28(2)40-41(32-11-13-33(45)14-12-32)48-29(3)42-51-50-30(4)55(42)44(40)59-38/h5,7-8,11-14,23-24,26-27,29,34,49H,6,9,16-22,25H2,1-4H3,(H,46,56,57)/t27?,29-/m0/s1. The summed E-state index contributed by atoms with van der Waals surface area (Å²) >= 11 is 7.88. The number of aryl methyl sites for hydroxylation is 2. The van der Waals surface area contributed by atoms with Crippen molar-refractivity contribution in [2.24, 2.45) is 4.99 Å². The molecule has 304 valence electrons. The molecule has 0 spiro atoms. The van der Waals surface area contributed by atoms with Crippen molar-refractivity contribution in [2.45, 2.75) is 91.0 Å². The van der Waals surface area contributed by atoms with Crippen LogP contribution in [0.2, 0.25) is 5.02 Å². The maximum Gasteiger partial charge on any atom is 0.254 e. The molecule has 2 N–H and O–H groups in total. The van der Waals surface area contributed by atoms with Gasteiger partial charge in [-0.2, -0.15) is 5.10 Å². The number of carbonyl (C=O) groups excluding carboxylic acids is 3. The molecule has 3 aliphatic heterocycles. The topological polar surface area (TPSA) is 143 Å². The summed E-state index contributed by atoms with van der Waals surface area (Å²) in [6.45, 7) is 12.4. The fourth-order valence-electron chi connectivity index (χ4n) is 8.23. The quantitative estimate of drug-likeness (QED) is 0.108. The highest BCUT2D eigenvalue weighted by molar-refractivity contribution is 7.15. The number of carbonyl (C=O) groups is 3. The van der Waals surface area contributed by atoms with E-state index >= 15 is 0 Å². The van der Waals surface area contributed by atoms with Crippen LogP contribution in [0.5, 0.6) is 0 Å². The number of rotatable bonds is 12. The number of aliphatic imine (C=N–C) groups is 1. The fraction of sp³-hybridized carbons (Fsp3) is 0.386. The number of piperidine rings is 1. The highest BCUT2D eigenvalue weighted by Crippen LogP contribution is 2.39. The molecule has 0 radical (unpaired) electrons. The van der Waals surface area contributed by atoms with Gasteiger partial charge in [-0.05, 0) is 89.8 Å². The third kappa shape index (κ3) is 8.46. The third-order valence-electron chi connectivity index (χ3n) is 11.5. The summed E-state index contributed by atoms with van der Waals surface area (Å²) in [5.41, 5.74) is 7.62. The monoisotopic (exact) mass is 830 g/mol. The molecule has 1 unspecified atom stereocenters. The highest BCUT2D eigenvalue weighted by atomic mass is 35.5. The Bertz CT molecular complexity index is 2480. The zero-order chi connectivity index (χ0) is 41.2. The first-order valence-electron chi connectivity index (χ1n) is 20.2. The Hall–Kier alpha value is -5.62. The van der Waals surface area contributed by atoms with Crippen molar-refractivity contribution in [3.05, 3.63) is 110 Å². The summed E-state index contributed by atoms with van der Waals surface area (Å²) in [6, 6.07) is 13.7. The molecule has 2 atom stereocenters. The van der Waals surface area contributed by atoms with Gasteiger partial charge in [0.15, 0.2) is 5.82 Å². The summed E-state index contributed by atoms with van der Waals surface area (Å²) in [5.74, 6) is 8.10. The number of benzene rings is 2. The number of anilines is 1. The lowest BCUT2D eigenvalue weighted by molar-refractivity contribution is -0.125. The van der Waals surface area contributed by atoms with Crippen molar-refractivity contribution >= 4 is 52.6 Å². The zero-order valence-electron chi connectivity index (χ0n) is 33.7. The van der Waals surface area contributed by atoms with E-state index in [-0.39, 0.29) is 30.3 Å². The van der Waals surface area contributed by atoms with Crippen LogP contribution in [0, 0.1) is 25.7 Å². The molecule has 3 aliphatic rings. The van der Waals surface area contributed by atoms with Crippen molar-refractivity contribution in [1.82, 2.24) is 39.7 Å². The number of halogens is 1. The highest BCUT2D eigenvalue weighted by Gasteiger charge is 2.34.